The number of carbonyl (C=O) groups excluding carboxylic acids is 3. The summed E-state index contributed by atoms with van der Waals surface area (Å²) >= 11 is 1.11. The molecule has 0 aromatic heterocycles. The molecular weight excluding hydrogens is 550 g/mol. The van der Waals surface area contributed by atoms with Gasteiger partial charge < -0.3 is 40.6 Å². The molecule has 14 nitrogen and oxygen atoms in total. The zero-order valence-electron chi connectivity index (χ0n) is 21.6. The number of benzene rings is 1. The van der Waals surface area contributed by atoms with Gasteiger partial charge in [-0.1, -0.05) is 12.1 Å². The van der Waals surface area contributed by atoms with Gasteiger partial charge in [0, 0.05) is 24.9 Å². The van der Waals surface area contributed by atoms with E-state index in [9.17, 15) is 34.2 Å². The third-order valence-corrected chi connectivity index (χ3v) is 7.56. The van der Waals surface area contributed by atoms with Crippen molar-refractivity contribution in [3.63, 3.8) is 0 Å². The number of hydrogen-bond acceptors (Lipinski definition) is 11. The fourth-order valence-corrected chi connectivity index (χ4v) is 5.50. The summed E-state index contributed by atoms with van der Waals surface area (Å²) in [5.41, 5.74) is 3.91. The second-order valence-corrected chi connectivity index (χ2v) is 9.87. The van der Waals surface area contributed by atoms with Gasteiger partial charge in [-0.25, -0.2) is 9.59 Å². The third-order valence-electron chi connectivity index (χ3n) is 6.19. The molecule has 3 rings (SSSR count). The summed E-state index contributed by atoms with van der Waals surface area (Å²) < 4.78 is 15.7. The average molecular weight is 580 g/mol. The maximum atomic E-state index is 13.2. The molecule has 3 atom stereocenters. The minimum atomic E-state index is -1.82. The van der Waals surface area contributed by atoms with E-state index in [0.717, 1.165) is 16.7 Å². The summed E-state index contributed by atoms with van der Waals surface area (Å²) in [5, 5.41) is 29.7. The zero-order chi connectivity index (χ0) is 29.6. The van der Waals surface area contributed by atoms with E-state index in [1.54, 1.807) is 12.1 Å². The Balaban J connectivity index is 1.70. The van der Waals surface area contributed by atoms with Gasteiger partial charge in [0.25, 0.3) is 11.6 Å². The van der Waals surface area contributed by atoms with Crippen LogP contribution in [-0.4, -0.2) is 93.7 Å². The number of nitrogens with two attached hydrogens (primary N) is 1. The van der Waals surface area contributed by atoms with Crippen molar-refractivity contribution in [2.24, 2.45) is 5.73 Å². The Labute approximate surface area is 232 Å². The summed E-state index contributed by atoms with van der Waals surface area (Å²) in [6.07, 6.45) is 1.45. The number of aliphatic carboxylic acids is 2. The van der Waals surface area contributed by atoms with Gasteiger partial charge >= 0.3 is 17.9 Å². The van der Waals surface area contributed by atoms with Gasteiger partial charge in [0.2, 0.25) is 11.7 Å². The minimum Gasteiger partial charge on any atom is -0.508 e. The van der Waals surface area contributed by atoms with E-state index >= 15 is 0 Å². The maximum Gasteiger partial charge on any atom is 0.373 e. The molecule has 1 saturated heterocycles. The van der Waals surface area contributed by atoms with Crippen molar-refractivity contribution in [1.29, 1.82) is 0 Å². The van der Waals surface area contributed by atoms with Gasteiger partial charge in [-0.2, -0.15) is 0 Å². The van der Waals surface area contributed by atoms with Crippen LogP contribution < -0.4 is 11.1 Å². The number of aromatic hydroxyl groups is 1. The molecule has 0 spiro atoms. The fourth-order valence-electron chi connectivity index (χ4n) is 4.08. The number of nitrogens with zero attached hydrogens (tertiary/aromatic N) is 1. The Kier molecular flexibility index (Phi) is 9.78. The van der Waals surface area contributed by atoms with Crippen LogP contribution >= 0.6 is 11.8 Å². The monoisotopic (exact) mass is 579 g/mol. The van der Waals surface area contributed by atoms with Crippen molar-refractivity contribution in [3.8, 4) is 5.75 Å². The van der Waals surface area contributed by atoms with Crippen molar-refractivity contribution in [2.75, 3.05) is 26.6 Å². The minimum absolute atomic E-state index is 0.0398. The van der Waals surface area contributed by atoms with Crippen molar-refractivity contribution in [3.05, 3.63) is 46.9 Å². The first kappa shape index (κ1) is 30.5. The van der Waals surface area contributed by atoms with Gasteiger partial charge in [0.15, 0.2) is 0 Å². The van der Waals surface area contributed by atoms with Crippen LogP contribution in [0.4, 0.5) is 0 Å². The Morgan fingerprint density at radius 1 is 1.23 bits per heavy atom. The van der Waals surface area contributed by atoms with E-state index in [2.05, 4.69) is 5.32 Å². The highest BCUT2D eigenvalue weighted by Gasteiger charge is 2.66. The number of phenolic OH excluding ortho intramolecular Hbond substituents is 1. The van der Waals surface area contributed by atoms with Crippen LogP contribution in [0.3, 0.4) is 0 Å². The molecule has 1 aromatic rings. The van der Waals surface area contributed by atoms with Crippen LogP contribution in [-0.2, 0) is 38.2 Å². The van der Waals surface area contributed by atoms with E-state index in [1.807, 2.05) is 0 Å². The van der Waals surface area contributed by atoms with Crippen molar-refractivity contribution >= 4 is 47.6 Å². The number of rotatable bonds is 13. The molecular formula is C25H29N3O11S. The molecule has 2 aliphatic heterocycles. The van der Waals surface area contributed by atoms with Gasteiger partial charge in [-0.15, -0.1) is 11.8 Å². The molecule has 2 amide bonds. The first-order chi connectivity index (χ1) is 18.9. The second kappa shape index (κ2) is 12.8. The number of phenols is 1. The highest BCUT2D eigenvalue weighted by molar-refractivity contribution is 8.00. The van der Waals surface area contributed by atoms with Crippen LogP contribution in [0, 0.1) is 0 Å². The number of esters is 1. The molecule has 0 aliphatic carbocycles. The molecule has 2 unspecified atom stereocenters. The zero-order valence-corrected chi connectivity index (χ0v) is 22.4. The van der Waals surface area contributed by atoms with E-state index in [1.165, 1.54) is 32.4 Å². The molecule has 0 saturated carbocycles. The Morgan fingerprint density at radius 3 is 2.48 bits per heavy atom. The summed E-state index contributed by atoms with van der Waals surface area (Å²) in [6.45, 7) is -0.448. The van der Waals surface area contributed by atoms with E-state index < -0.39 is 59.2 Å². The lowest BCUT2D eigenvalue weighted by Crippen LogP contribution is -2.80. The van der Waals surface area contributed by atoms with Crippen molar-refractivity contribution in [2.45, 2.75) is 36.4 Å². The molecule has 15 heteroatoms. The Morgan fingerprint density at radius 2 is 1.90 bits per heavy atom. The normalized spacial score (nSPS) is 21.2. The van der Waals surface area contributed by atoms with Gasteiger partial charge in [0.05, 0.1) is 7.11 Å². The lowest BCUT2D eigenvalue weighted by molar-refractivity contribution is -0.192. The molecule has 6 N–H and O–H groups in total. The number of nitrogens with one attached hydrogen (secondary N) is 1. The fraction of sp³-hybridized carbons (Fsp3) is 0.400. The summed E-state index contributed by atoms with van der Waals surface area (Å²) in [5.74, 6) is -5.02. The largest absolute Gasteiger partial charge is 0.508 e. The molecule has 1 aromatic carbocycles. The summed E-state index contributed by atoms with van der Waals surface area (Å²) in [4.78, 5) is 62.2. The van der Waals surface area contributed by atoms with Gasteiger partial charge in [-0.3, -0.25) is 19.3 Å². The predicted molar refractivity (Wildman–Crippen MR) is 139 cm³/mol. The van der Waals surface area contributed by atoms with E-state index in [4.69, 9.17) is 25.1 Å². The molecule has 40 heavy (non-hydrogen) atoms. The lowest BCUT2D eigenvalue weighted by Gasteiger charge is -2.55. The van der Waals surface area contributed by atoms with Crippen molar-refractivity contribution in [1.82, 2.24) is 10.2 Å². The highest BCUT2D eigenvalue weighted by atomic mass is 32.2. The van der Waals surface area contributed by atoms with E-state index in [-0.39, 0.29) is 42.1 Å². The number of β-lactam (4-membered cyclic amide) rings is 1. The first-order valence-electron chi connectivity index (χ1n) is 11.9. The topological polar surface area (TPSA) is 215 Å². The van der Waals surface area contributed by atoms with Gasteiger partial charge in [0.1, 0.15) is 29.5 Å². The first-order valence-corrected chi connectivity index (χ1v) is 13.0. The third kappa shape index (κ3) is 6.38. The average Bonchev–Trinajstić information content (AvgIpc) is 2.93. The van der Waals surface area contributed by atoms with Gasteiger partial charge in [-0.05, 0) is 36.6 Å². The van der Waals surface area contributed by atoms with Crippen LogP contribution in [0.5, 0.6) is 5.75 Å². The quantitative estimate of drug-likeness (QED) is 0.0696. The summed E-state index contributed by atoms with van der Waals surface area (Å²) in [6, 6.07) is 4.81. The molecule has 2 heterocycles. The number of carbonyl (C=O) groups is 5. The van der Waals surface area contributed by atoms with Crippen LogP contribution in [0.25, 0.3) is 6.08 Å². The Bertz CT molecular complexity index is 1250. The summed E-state index contributed by atoms with van der Waals surface area (Å²) in [7, 11) is 2.46. The highest BCUT2D eigenvalue weighted by Crippen LogP contribution is 2.46. The lowest BCUT2D eigenvalue weighted by atomic mass is 9.97. The van der Waals surface area contributed by atoms with Crippen LogP contribution in [0.2, 0.25) is 0 Å². The standard InChI is InChI=1S/C25H29N3O11S/c1-37-17(10-13-6-8-15(29)9-7-13)22(35)39-11-14-12-40-24-25(38-2,23(36)28(24)19(14)21(33)34)27-18(30)5-3-4-16(26)20(31)32/h6-10,16,24,29H,3-5,11-12,26H2,1-2H3,(H,27,30)(H,31,32)(H,33,34)/t16?,24-,25?/m0/s1. The molecule has 216 valence electrons. The molecule has 0 radical (unpaired) electrons. The van der Waals surface area contributed by atoms with E-state index in [0.29, 0.717) is 5.56 Å². The number of ether oxygens (including phenoxy) is 3. The van der Waals surface area contributed by atoms with Crippen LogP contribution in [0.15, 0.2) is 41.3 Å². The van der Waals surface area contributed by atoms with Crippen LogP contribution in [0.1, 0.15) is 24.8 Å². The number of carboxylic acid groups (broad SMARTS) is 2. The number of amides is 2. The second-order valence-electron chi connectivity index (χ2n) is 8.80. The predicted octanol–water partition coefficient (Wildman–Crippen LogP) is 0.218. The number of fused-ring (bicyclic) bond motifs is 1. The number of hydrogen-bond donors (Lipinski definition) is 5. The molecule has 2 aliphatic rings. The smallest absolute Gasteiger partial charge is 0.373 e. The maximum absolute atomic E-state index is 13.2. The SMILES string of the molecule is COC(=Cc1ccc(O)cc1)C(=O)OCC1=C(C(=O)O)N2C(=O)C(NC(=O)CCCC(N)C(=O)O)(OC)[C@@H]2SC1. The Hall–Kier alpha value is -4.08. The van der Waals surface area contributed by atoms with Crippen molar-refractivity contribution < 1.29 is 53.5 Å². The number of thioether (sulfide) groups is 1. The number of carboxylic acids is 2. The molecule has 0 bridgehead atoms. The molecule has 1 fully saturated rings. The number of methoxy groups -OCH3 is 2.